The van der Waals surface area contributed by atoms with Crippen LogP contribution in [0.15, 0.2) is 66.7 Å². The lowest BCUT2D eigenvalue weighted by atomic mass is 9.98. The molecule has 2 saturated heterocycles. The van der Waals surface area contributed by atoms with Crippen molar-refractivity contribution in [3.8, 4) is 22.3 Å². The third kappa shape index (κ3) is 7.67. The number of benzene rings is 3. The molecule has 3 aromatic carbocycles. The lowest BCUT2D eigenvalue weighted by molar-refractivity contribution is -0.136. The van der Waals surface area contributed by atoms with Gasteiger partial charge < -0.3 is 39.9 Å². The number of hydrogen-bond acceptors (Lipinski definition) is 7. The van der Waals surface area contributed by atoms with Gasteiger partial charge in [-0.15, -0.1) is 0 Å². The maximum absolute atomic E-state index is 13.7. The van der Waals surface area contributed by atoms with Gasteiger partial charge in [-0.05, 0) is 95.5 Å². The van der Waals surface area contributed by atoms with Crippen LogP contribution in [0.1, 0.15) is 77.0 Å². The highest BCUT2D eigenvalue weighted by Gasteiger charge is 2.38. The molecule has 4 atom stereocenters. The topological polar surface area (TPSA) is 162 Å². The number of ether oxygens (including phenoxy) is 2. The highest BCUT2D eigenvalue weighted by molar-refractivity contribution is 5.90. The molecule has 294 valence electrons. The predicted molar refractivity (Wildman–Crippen MR) is 215 cm³/mol. The van der Waals surface area contributed by atoms with Crippen molar-refractivity contribution in [3.63, 3.8) is 0 Å². The van der Waals surface area contributed by atoms with Crippen LogP contribution in [0, 0.1) is 11.8 Å². The number of rotatable bonds is 10. The number of H-pyrrole nitrogens is 2. The first-order chi connectivity index (χ1) is 26.9. The summed E-state index contributed by atoms with van der Waals surface area (Å²) < 4.78 is 9.57. The van der Waals surface area contributed by atoms with Crippen molar-refractivity contribution in [1.82, 2.24) is 35.4 Å². The number of carbonyl (C=O) groups excluding carboxylic acids is 4. The molecule has 0 saturated carbocycles. The summed E-state index contributed by atoms with van der Waals surface area (Å²) in [6, 6.07) is 21.4. The molecule has 0 spiro atoms. The summed E-state index contributed by atoms with van der Waals surface area (Å²) in [6.07, 6.45) is 2.10. The van der Waals surface area contributed by atoms with Gasteiger partial charge in [0.15, 0.2) is 0 Å². The number of methoxy groups -OCH3 is 2. The quantitative estimate of drug-likeness (QED) is 0.115. The van der Waals surface area contributed by atoms with Gasteiger partial charge in [0.25, 0.3) is 0 Å². The number of likely N-dealkylation sites (tertiary alicyclic amines) is 2. The number of alkyl carbamates (subject to hydrolysis) is 2. The molecule has 5 aromatic rings. The minimum absolute atomic E-state index is 0.0928. The molecule has 13 nitrogen and oxygen atoms in total. The first kappa shape index (κ1) is 38.4. The fourth-order valence-electron chi connectivity index (χ4n) is 8.18. The molecule has 0 aliphatic carbocycles. The molecule has 0 bridgehead atoms. The van der Waals surface area contributed by atoms with Crippen LogP contribution in [0.3, 0.4) is 0 Å². The van der Waals surface area contributed by atoms with Gasteiger partial charge >= 0.3 is 12.2 Å². The Balaban J connectivity index is 1.10. The number of hydrogen-bond donors (Lipinski definition) is 4. The number of nitrogens with one attached hydrogen (secondary N) is 4. The van der Waals surface area contributed by atoms with Crippen LogP contribution >= 0.6 is 0 Å². The number of aromatic amines is 2. The van der Waals surface area contributed by atoms with Gasteiger partial charge in [0, 0.05) is 24.3 Å². The highest BCUT2D eigenvalue weighted by atomic mass is 16.5. The molecule has 0 unspecified atom stereocenters. The first-order valence-corrected chi connectivity index (χ1v) is 19.5. The summed E-state index contributed by atoms with van der Waals surface area (Å²) in [5, 5.41) is 6.50. The highest BCUT2D eigenvalue weighted by Crippen LogP contribution is 2.37. The van der Waals surface area contributed by atoms with Crippen molar-refractivity contribution in [2.24, 2.45) is 11.8 Å². The lowest BCUT2D eigenvalue weighted by Crippen LogP contribution is -2.51. The summed E-state index contributed by atoms with van der Waals surface area (Å²) in [5.41, 5.74) is 7.89. The molecule has 13 heteroatoms. The zero-order valence-corrected chi connectivity index (χ0v) is 32.8. The number of amides is 4. The lowest BCUT2D eigenvalue weighted by Gasteiger charge is -2.30. The zero-order chi connectivity index (χ0) is 39.7. The maximum atomic E-state index is 13.7. The van der Waals surface area contributed by atoms with Crippen molar-refractivity contribution in [1.29, 1.82) is 0 Å². The fourth-order valence-corrected chi connectivity index (χ4v) is 8.18. The minimum Gasteiger partial charge on any atom is -0.453 e. The van der Waals surface area contributed by atoms with Crippen molar-refractivity contribution in [3.05, 3.63) is 78.2 Å². The molecule has 2 aliphatic heterocycles. The molecule has 0 radical (unpaired) electrons. The normalized spacial score (nSPS) is 18.1. The second kappa shape index (κ2) is 16.1. The molecule has 4 N–H and O–H groups in total. The smallest absolute Gasteiger partial charge is 0.407 e. The summed E-state index contributed by atoms with van der Waals surface area (Å²) in [7, 11) is 2.59. The zero-order valence-electron chi connectivity index (χ0n) is 32.8. The summed E-state index contributed by atoms with van der Waals surface area (Å²) in [6.45, 7) is 8.87. The monoisotopic (exact) mass is 761 g/mol. The molecule has 4 heterocycles. The van der Waals surface area contributed by atoms with Gasteiger partial charge in [-0.1, -0.05) is 64.1 Å². The van der Waals surface area contributed by atoms with Gasteiger partial charge in [-0.2, -0.15) is 0 Å². The summed E-state index contributed by atoms with van der Waals surface area (Å²) >= 11 is 0. The number of fused-ring (bicyclic) bond motifs is 2. The van der Waals surface area contributed by atoms with Crippen LogP contribution in [0.2, 0.25) is 0 Å². The van der Waals surface area contributed by atoms with E-state index in [1.165, 1.54) is 14.2 Å². The Morgan fingerprint density at radius 2 is 1.21 bits per heavy atom. The standard InChI is InChI=1S/C43H51N7O6/c1-24(2)37(47-42(53)55-5)40(51)49-18-8-12-35(49)34-23-30-15-14-28(21-32(30)44-34)26-10-7-11-27(20-26)29-16-17-31-33(22-29)46-39(45-31)36-13-9-19-50(36)41(52)38(25(3)4)48-43(54)56-6/h7,10-11,14-17,20-25,35-38,44H,8-9,12-13,18-19H2,1-6H3,(H,45,46)(H,47,53)(H,48,54)/t35-,36-,37-,38-/m0/s1. The average molecular weight is 762 g/mol. The molecule has 2 aromatic heterocycles. The minimum atomic E-state index is -0.694. The van der Waals surface area contributed by atoms with E-state index in [1.54, 1.807) is 0 Å². The van der Waals surface area contributed by atoms with Crippen LogP contribution in [0.4, 0.5) is 9.59 Å². The largest absolute Gasteiger partial charge is 0.453 e. The molecular formula is C43H51N7O6. The van der Waals surface area contributed by atoms with Crippen LogP contribution in [-0.2, 0) is 19.1 Å². The molecule has 2 aliphatic rings. The van der Waals surface area contributed by atoms with Gasteiger partial charge in [0.05, 0.1) is 37.3 Å². The van der Waals surface area contributed by atoms with E-state index in [1.807, 2.05) is 43.6 Å². The van der Waals surface area contributed by atoms with Crippen LogP contribution < -0.4 is 10.6 Å². The summed E-state index contributed by atoms with van der Waals surface area (Å²) in [5.74, 6) is 0.290. The number of imidazole rings is 1. The van der Waals surface area contributed by atoms with Crippen molar-refractivity contribution in [2.45, 2.75) is 77.5 Å². The molecular weight excluding hydrogens is 711 g/mol. The number of carbonyl (C=O) groups is 4. The SMILES string of the molecule is COC(=O)N[C@H](C(=O)N1CCC[C@H]1c1cc2ccc(-c3cccc(-c4ccc5nc([C@@H]6CCCN6C(=O)[C@@H](NC(=O)OC)C(C)C)[nH]c5c4)c3)cc2[nH]1)C(C)C. The van der Waals surface area contributed by atoms with E-state index in [0.29, 0.717) is 13.1 Å². The Labute approximate surface area is 326 Å². The Hall–Kier alpha value is -5.85. The fraction of sp³-hybridized carbons (Fsp3) is 0.419. The molecule has 56 heavy (non-hydrogen) atoms. The van der Waals surface area contributed by atoms with E-state index in [4.69, 9.17) is 14.5 Å². The third-order valence-electron chi connectivity index (χ3n) is 11.2. The van der Waals surface area contributed by atoms with Crippen LogP contribution in [0.5, 0.6) is 0 Å². The van der Waals surface area contributed by atoms with E-state index in [2.05, 4.69) is 81.3 Å². The Morgan fingerprint density at radius 3 is 1.80 bits per heavy atom. The Kier molecular flexibility index (Phi) is 11.0. The first-order valence-electron chi connectivity index (χ1n) is 19.5. The summed E-state index contributed by atoms with van der Waals surface area (Å²) in [4.78, 5) is 67.1. The maximum Gasteiger partial charge on any atom is 0.407 e. The van der Waals surface area contributed by atoms with E-state index < -0.39 is 24.3 Å². The Morgan fingerprint density at radius 1 is 0.679 bits per heavy atom. The number of nitrogens with zero attached hydrogens (tertiary/aromatic N) is 3. The van der Waals surface area contributed by atoms with Crippen molar-refractivity contribution >= 4 is 45.9 Å². The molecule has 2 fully saturated rings. The van der Waals surface area contributed by atoms with Crippen molar-refractivity contribution < 1.29 is 28.7 Å². The van der Waals surface area contributed by atoms with Gasteiger partial charge in [-0.3, -0.25) is 9.59 Å². The van der Waals surface area contributed by atoms with E-state index in [0.717, 1.165) is 81.4 Å². The van der Waals surface area contributed by atoms with Gasteiger partial charge in [0.1, 0.15) is 17.9 Å². The predicted octanol–water partition coefficient (Wildman–Crippen LogP) is 7.47. The third-order valence-corrected chi connectivity index (χ3v) is 11.2. The molecule has 7 rings (SSSR count). The molecule has 4 amide bonds. The van der Waals surface area contributed by atoms with Gasteiger partial charge in [-0.25, -0.2) is 14.6 Å². The van der Waals surface area contributed by atoms with Crippen LogP contribution in [-0.4, -0.2) is 88.1 Å². The van der Waals surface area contributed by atoms with Gasteiger partial charge in [0.2, 0.25) is 11.8 Å². The Bertz CT molecular complexity index is 2110. The van der Waals surface area contributed by atoms with E-state index in [-0.39, 0.29) is 35.7 Å². The number of aromatic nitrogens is 3. The average Bonchev–Trinajstić information content (AvgIpc) is 4.03. The van der Waals surface area contributed by atoms with E-state index >= 15 is 0 Å². The van der Waals surface area contributed by atoms with Crippen LogP contribution in [0.25, 0.3) is 44.2 Å². The second-order valence-corrected chi connectivity index (χ2v) is 15.6. The second-order valence-electron chi connectivity index (χ2n) is 15.6. The van der Waals surface area contributed by atoms with E-state index in [9.17, 15) is 19.2 Å². The van der Waals surface area contributed by atoms with Crippen molar-refractivity contribution in [2.75, 3.05) is 27.3 Å².